The van der Waals surface area contributed by atoms with Gasteiger partial charge in [0.1, 0.15) is 12.2 Å². The molecule has 3 aliphatic rings. The van der Waals surface area contributed by atoms with Crippen LogP contribution in [0.1, 0.15) is 73.1 Å². The van der Waals surface area contributed by atoms with E-state index in [4.69, 9.17) is 9.47 Å². The van der Waals surface area contributed by atoms with Crippen LogP contribution in [0.4, 0.5) is 0 Å². The summed E-state index contributed by atoms with van der Waals surface area (Å²) in [5.74, 6) is -1.06. The van der Waals surface area contributed by atoms with E-state index < -0.39 is 23.7 Å². The first kappa shape index (κ1) is 25.2. The number of hydrogen-bond acceptors (Lipinski definition) is 7. The van der Waals surface area contributed by atoms with Gasteiger partial charge in [-0.05, 0) is 62.9 Å². The van der Waals surface area contributed by atoms with E-state index in [1.165, 1.54) is 0 Å². The second kappa shape index (κ2) is 9.82. The average molecular weight is 453 g/mol. The Hall–Kier alpha value is -1.44. The Labute approximate surface area is 191 Å². The van der Waals surface area contributed by atoms with Crippen molar-refractivity contribution < 1.29 is 34.4 Å². The summed E-state index contributed by atoms with van der Waals surface area (Å²) in [5.41, 5.74) is 0.164. The number of carbonyl (C=O) groups is 2. The summed E-state index contributed by atoms with van der Waals surface area (Å²) in [4.78, 5) is 24.7. The quantitative estimate of drug-likeness (QED) is 0.419. The lowest BCUT2D eigenvalue weighted by atomic mass is 9.61. The zero-order valence-corrected chi connectivity index (χ0v) is 20.0. The molecule has 0 aromatic heterocycles. The molecule has 1 saturated heterocycles. The SMILES string of the molecule is CCC(C)(C)C(=O)O[C@@H]1C[C@H](C)C(O)C2=CC(O)[C@H](C)[C@H](CCC3C[C@@H](O)CC(=O)O3)[C@H]21. The van der Waals surface area contributed by atoms with E-state index in [0.717, 1.165) is 5.57 Å². The highest BCUT2D eigenvalue weighted by Gasteiger charge is 2.49. The minimum Gasteiger partial charge on any atom is -0.462 e. The van der Waals surface area contributed by atoms with Crippen molar-refractivity contribution in [3.8, 4) is 0 Å². The molecule has 7 nitrogen and oxygen atoms in total. The first-order chi connectivity index (χ1) is 14.9. The van der Waals surface area contributed by atoms with Gasteiger partial charge in [-0.15, -0.1) is 0 Å². The predicted molar refractivity (Wildman–Crippen MR) is 118 cm³/mol. The summed E-state index contributed by atoms with van der Waals surface area (Å²) >= 11 is 0. The fourth-order valence-electron chi connectivity index (χ4n) is 5.47. The third kappa shape index (κ3) is 5.20. The first-order valence-corrected chi connectivity index (χ1v) is 12.1. The smallest absolute Gasteiger partial charge is 0.311 e. The minimum atomic E-state index is -0.700. The number of carbonyl (C=O) groups excluding carboxylic acids is 2. The van der Waals surface area contributed by atoms with Crippen molar-refractivity contribution in [2.75, 3.05) is 0 Å². The standard InChI is InChI=1S/C25H40O7/c1-6-25(4,5)24(30)32-20-9-13(2)23(29)18-12-19(27)14(3)17(22(18)20)8-7-16-10-15(26)11-21(28)31-16/h12-17,19-20,22-23,26-27,29H,6-11H2,1-5H3/t13-,14+,15+,16?,17-,19?,20+,22+,23?/m0/s1. The maximum absolute atomic E-state index is 12.9. The van der Waals surface area contributed by atoms with Gasteiger partial charge in [-0.1, -0.05) is 26.8 Å². The monoisotopic (exact) mass is 452 g/mol. The number of ether oxygens (including phenoxy) is 2. The van der Waals surface area contributed by atoms with E-state index in [2.05, 4.69) is 0 Å². The summed E-state index contributed by atoms with van der Waals surface area (Å²) in [6.45, 7) is 9.63. The number of cyclic esters (lactones) is 1. The number of esters is 2. The third-order valence-corrected chi connectivity index (χ3v) is 8.06. The van der Waals surface area contributed by atoms with Gasteiger partial charge in [0, 0.05) is 12.3 Å². The summed E-state index contributed by atoms with van der Waals surface area (Å²) in [7, 11) is 0. The van der Waals surface area contributed by atoms with Crippen LogP contribution >= 0.6 is 0 Å². The number of aliphatic hydroxyl groups is 3. The largest absolute Gasteiger partial charge is 0.462 e. The number of hydrogen-bond donors (Lipinski definition) is 3. The fourth-order valence-corrected chi connectivity index (χ4v) is 5.47. The van der Waals surface area contributed by atoms with Crippen LogP contribution in [0.2, 0.25) is 0 Å². The Bertz CT molecular complexity index is 730. The Morgan fingerprint density at radius 2 is 1.88 bits per heavy atom. The van der Waals surface area contributed by atoms with Crippen LogP contribution in [0.3, 0.4) is 0 Å². The first-order valence-electron chi connectivity index (χ1n) is 12.1. The molecular weight excluding hydrogens is 412 g/mol. The Kier molecular flexibility index (Phi) is 7.73. The molecule has 1 saturated carbocycles. The van der Waals surface area contributed by atoms with E-state index >= 15 is 0 Å². The van der Waals surface area contributed by atoms with Crippen LogP contribution in [0.25, 0.3) is 0 Å². The second-order valence-electron chi connectivity index (χ2n) is 10.8. The summed E-state index contributed by atoms with van der Waals surface area (Å²) in [6.07, 6.45) is 1.79. The molecule has 0 amide bonds. The van der Waals surface area contributed by atoms with E-state index in [0.29, 0.717) is 32.1 Å². The van der Waals surface area contributed by atoms with Crippen LogP contribution in [-0.2, 0) is 19.1 Å². The van der Waals surface area contributed by atoms with Gasteiger partial charge >= 0.3 is 11.9 Å². The van der Waals surface area contributed by atoms with E-state index in [9.17, 15) is 24.9 Å². The Morgan fingerprint density at radius 1 is 1.19 bits per heavy atom. The average Bonchev–Trinajstić information content (AvgIpc) is 2.71. The molecule has 7 heteroatoms. The van der Waals surface area contributed by atoms with Gasteiger partial charge in [0.05, 0.1) is 30.1 Å². The molecular formula is C25H40O7. The molecule has 2 aliphatic carbocycles. The van der Waals surface area contributed by atoms with Crippen LogP contribution in [-0.4, -0.2) is 57.8 Å². The van der Waals surface area contributed by atoms with E-state index in [-0.39, 0.29) is 54.2 Å². The molecule has 0 bridgehead atoms. The molecule has 0 aromatic carbocycles. The zero-order valence-electron chi connectivity index (χ0n) is 20.0. The molecule has 0 aromatic rings. The van der Waals surface area contributed by atoms with Crippen molar-refractivity contribution in [1.29, 1.82) is 0 Å². The molecule has 3 unspecified atom stereocenters. The van der Waals surface area contributed by atoms with Crippen LogP contribution in [0.15, 0.2) is 11.6 Å². The molecule has 3 N–H and O–H groups in total. The lowest BCUT2D eigenvalue weighted by Crippen LogP contribution is -2.51. The molecule has 0 spiro atoms. The molecule has 1 aliphatic heterocycles. The molecule has 2 fully saturated rings. The molecule has 3 rings (SSSR count). The molecule has 32 heavy (non-hydrogen) atoms. The topological polar surface area (TPSA) is 113 Å². The minimum absolute atomic E-state index is 0.0277. The maximum Gasteiger partial charge on any atom is 0.311 e. The van der Waals surface area contributed by atoms with Crippen LogP contribution < -0.4 is 0 Å². The number of aliphatic hydroxyl groups excluding tert-OH is 3. The zero-order chi connectivity index (χ0) is 23.8. The normalized spacial score (nSPS) is 40.2. The van der Waals surface area contributed by atoms with Crippen LogP contribution in [0, 0.1) is 29.1 Å². The highest BCUT2D eigenvalue weighted by Crippen LogP contribution is 2.48. The van der Waals surface area contributed by atoms with Crippen molar-refractivity contribution in [3.05, 3.63) is 11.6 Å². The maximum atomic E-state index is 12.9. The van der Waals surface area contributed by atoms with E-state index in [1.54, 1.807) is 6.08 Å². The van der Waals surface area contributed by atoms with E-state index in [1.807, 2.05) is 34.6 Å². The Morgan fingerprint density at radius 3 is 2.50 bits per heavy atom. The lowest BCUT2D eigenvalue weighted by Gasteiger charge is -2.49. The highest BCUT2D eigenvalue weighted by molar-refractivity contribution is 5.76. The number of rotatable bonds is 6. The summed E-state index contributed by atoms with van der Waals surface area (Å²) in [5, 5.41) is 31.6. The lowest BCUT2D eigenvalue weighted by molar-refractivity contribution is -0.169. The van der Waals surface area contributed by atoms with Gasteiger partial charge in [0.2, 0.25) is 0 Å². The molecule has 9 atom stereocenters. The van der Waals surface area contributed by atoms with Crippen molar-refractivity contribution >= 4 is 11.9 Å². The predicted octanol–water partition coefficient (Wildman–Crippen LogP) is 2.75. The number of fused-ring (bicyclic) bond motifs is 1. The summed E-state index contributed by atoms with van der Waals surface area (Å²) < 4.78 is 11.5. The van der Waals surface area contributed by atoms with Crippen molar-refractivity contribution in [1.82, 2.24) is 0 Å². The second-order valence-corrected chi connectivity index (χ2v) is 10.8. The Balaban J connectivity index is 1.83. The van der Waals surface area contributed by atoms with Gasteiger partial charge in [0.25, 0.3) is 0 Å². The van der Waals surface area contributed by atoms with Crippen molar-refractivity contribution in [2.45, 2.75) is 104 Å². The van der Waals surface area contributed by atoms with Gasteiger partial charge in [-0.25, -0.2) is 0 Å². The molecule has 182 valence electrons. The summed E-state index contributed by atoms with van der Waals surface area (Å²) in [6, 6.07) is 0. The highest BCUT2D eigenvalue weighted by atomic mass is 16.6. The molecule has 0 radical (unpaired) electrons. The van der Waals surface area contributed by atoms with Crippen molar-refractivity contribution in [3.63, 3.8) is 0 Å². The van der Waals surface area contributed by atoms with Gasteiger partial charge in [-0.3, -0.25) is 9.59 Å². The van der Waals surface area contributed by atoms with Crippen LogP contribution in [0.5, 0.6) is 0 Å². The van der Waals surface area contributed by atoms with Gasteiger partial charge < -0.3 is 24.8 Å². The molecule has 1 heterocycles. The third-order valence-electron chi connectivity index (χ3n) is 8.06. The van der Waals surface area contributed by atoms with Crippen molar-refractivity contribution in [2.24, 2.45) is 29.1 Å². The fraction of sp³-hybridized carbons (Fsp3) is 0.840. The van der Waals surface area contributed by atoms with Gasteiger partial charge in [-0.2, -0.15) is 0 Å². The van der Waals surface area contributed by atoms with Gasteiger partial charge in [0.15, 0.2) is 0 Å².